The average Bonchev–Trinajstić information content (AvgIpc) is 1.98. The normalized spacial score (nSPS) is 10.1. The van der Waals surface area contributed by atoms with Crippen LogP contribution in [0.15, 0.2) is 30.4 Å². The molecule has 0 aliphatic heterocycles. The molecular weight excluding hydrogens is 184 g/mol. The summed E-state index contributed by atoms with van der Waals surface area (Å²) in [6.45, 7) is 9.75. The van der Waals surface area contributed by atoms with Gasteiger partial charge < -0.3 is 0 Å². The van der Waals surface area contributed by atoms with Crippen molar-refractivity contribution in [2.75, 3.05) is 0 Å². The van der Waals surface area contributed by atoms with Crippen molar-refractivity contribution in [1.29, 1.82) is 0 Å². The Morgan fingerprint density at radius 2 is 1.73 bits per heavy atom. The third-order valence-corrected chi connectivity index (χ3v) is 2.18. The van der Waals surface area contributed by atoms with Gasteiger partial charge in [-0.2, -0.15) is 0 Å². The Morgan fingerprint density at radius 3 is 2.20 bits per heavy atom. The zero-order valence-electron chi connectivity index (χ0n) is 9.76. The fourth-order valence-corrected chi connectivity index (χ4v) is 1.80. The smallest absolute Gasteiger partial charge is 0.141 e. The molecule has 1 rings (SSSR count). The highest BCUT2D eigenvalue weighted by Gasteiger charge is 2.04. The predicted molar refractivity (Wildman–Crippen MR) is 64.1 cm³/mol. The van der Waals surface area contributed by atoms with Gasteiger partial charge in [0.1, 0.15) is 5.78 Å². The molecule has 0 aromatic heterocycles. The van der Waals surface area contributed by atoms with E-state index in [1.165, 1.54) is 11.1 Å². The summed E-state index contributed by atoms with van der Waals surface area (Å²) >= 11 is 0. The number of rotatable bonds is 4. The molecule has 1 aromatic rings. The zero-order valence-corrected chi connectivity index (χ0v) is 9.76. The molecule has 0 fully saturated rings. The predicted octanol–water partition coefficient (Wildman–Crippen LogP) is 3.38. The highest BCUT2D eigenvalue weighted by Crippen LogP contribution is 2.11. The number of hydrogen-bond acceptors (Lipinski definition) is 1. The van der Waals surface area contributed by atoms with Gasteiger partial charge in [-0.25, -0.2) is 0 Å². The van der Waals surface area contributed by atoms with Crippen molar-refractivity contribution in [2.24, 2.45) is 0 Å². The fourth-order valence-electron chi connectivity index (χ4n) is 1.80. The van der Waals surface area contributed by atoms with Gasteiger partial charge in [-0.05, 0) is 26.3 Å². The number of hydrogen-bond donors (Lipinski definition) is 0. The molecule has 0 aliphatic carbocycles. The molecule has 0 bridgehead atoms. The standard InChI is InChI=1S/C14H18O/c1-10(2)5-14(15)9-13-7-11(3)6-12(4)8-13/h6-8H,1,5,9H2,2-4H3. The van der Waals surface area contributed by atoms with Crippen LogP contribution in [0.5, 0.6) is 0 Å². The molecule has 0 heterocycles. The van der Waals surface area contributed by atoms with Crippen LogP contribution >= 0.6 is 0 Å². The van der Waals surface area contributed by atoms with Gasteiger partial charge in [0, 0.05) is 12.8 Å². The minimum absolute atomic E-state index is 0.243. The van der Waals surface area contributed by atoms with Crippen molar-refractivity contribution in [3.05, 3.63) is 47.0 Å². The van der Waals surface area contributed by atoms with E-state index in [9.17, 15) is 4.79 Å². The SMILES string of the molecule is C=C(C)CC(=O)Cc1cc(C)cc(C)c1. The number of aryl methyl sites for hydroxylation is 2. The minimum Gasteiger partial charge on any atom is -0.299 e. The van der Waals surface area contributed by atoms with E-state index in [0.29, 0.717) is 12.8 Å². The second-order valence-corrected chi connectivity index (χ2v) is 4.35. The van der Waals surface area contributed by atoms with Crippen LogP contribution in [0.2, 0.25) is 0 Å². The molecule has 0 radical (unpaired) electrons. The van der Waals surface area contributed by atoms with Crippen molar-refractivity contribution in [3.8, 4) is 0 Å². The summed E-state index contributed by atoms with van der Waals surface area (Å²) in [6, 6.07) is 6.26. The van der Waals surface area contributed by atoms with Crippen molar-refractivity contribution in [2.45, 2.75) is 33.6 Å². The Hall–Kier alpha value is -1.37. The van der Waals surface area contributed by atoms with E-state index in [1.807, 2.05) is 6.92 Å². The topological polar surface area (TPSA) is 17.1 Å². The van der Waals surface area contributed by atoms with Gasteiger partial charge in [-0.3, -0.25) is 4.79 Å². The van der Waals surface area contributed by atoms with Crippen LogP contribution in [0.25, 0.3) is 0 Å². The molecule has 0 saturated heterocycles. The number of ketones is 1. The molecule has 0 spiro atoms. The van der Waals surface area contributed by atoms with Gasteiger partial charge in [0.05, 0.1) is 0 Å². The fraction of sp³-hybridized carbons (Fsp3) is 0.357. The lowest BCUT2D eigenvalue weighted by Gasteiger charge is -2.04. The van der Waals surface area contributed by atoms with Crippen LogP contribution in [0.3, 0.4) is 0 Å². The van der Waals surface area contributed by atoms with Gasteiger partial charge >= 0.3 is 0 Å². The van der Waals surface area contributed by atoms with Crippen molar-refractivity contribution in [3.63, 3.8) is 0 Å². The maximum atomic E-state index is 11.6. The van der Waals surface area contributed by atoms with Gasteiger partial charge in [-0.1, -0.05) is 41.5 Å². The summed E-state index contributed by atoms with van der Waals surface area (Å²) in [5.41, 5.74) is 4.48. The lowest BCUT2D eigenvalue weighted by Crippen LogP contribution is -2.03. The van der Waals surface area contributed by atoms with Crippen molar-refractivity contribution >= 4 is 5.78 Å². The van der Waals surface area contributed by atoms with Crippen LogP contribution in [0.4, 0.5) is 0 Å². The number of carbonyl (C=O) groups excluding carboxylic acids is 1. The summed E-state index contributed by atoms with van der Waals surface area (Å²) in [7, 11) is 0. The zero-order chi connectivity index (χ0) is 11.4. The van der Waals surface area contributed by atoms with Crippen LogP contribution in [-0.2, 0) is 11.2 Å². The minimum atomic E-state index is 0.243. The summed E-state index contributed by atoms with van der Waals surface area (Å²) < 4.78 is 0. The van der Waals surface area contributed by atoms with E-state index in [2.05, 4.69) is 38.6 Å². The van der Waals surface area contributed by atoms with E-state index in [1.54, 1.807) is 0 Å². The van der Waals surface area contributed by atoms with Crippen LogP contribution in [0.1, 0.15) is 30.0 Å². The maximum Gasteiger partial charge on any atom is 0.141 e. The molecule has 0 unspecified atom stereocenters. The Balaban J connectivity index is 2.72. The Kier molecular flexibility index (Phi) is 3.84. The molecular formula is C14H18O. The lowest BCUT2D eigenvalue weighted by atomic mass is 10.0. The van der Waals surface area contributed by atoms with Crippen LogP contribution in [-0.4, -0.2) is 5.78 Å². The second kappa shape index (κ2) is 4.92. The first-order valence-electron chi connectivity index (χ1n) is 5.20. The largest absolute Gasteiger partial charge is 0.299 e. The summed E-state index contributed by atoms with van der Waals surface area (Å²) in [4.78, 5) is 11.6. The first kappa shape index (κ1) is 11.7. The van der Waals surface area contributed by atoms with Gasteiger partial charge in [0.2, 0.25) is 0 Å². The molecule has 1 aromatic carbocycles. The molecule has 0 N–H and O–H groups in total. The third kappa shape index (κ3) is 4.11. The third-order valence-electron chi connectivity index (χ3n) is 2.18. The Morgan fingerprint density at radius 1 is 1.20 bits per heavy atom. The van der Waals surface area contributed by atoms with Gasteiger partial charge in [0.25, 0.3) is 0 Å². The number of carbonyl (C=O) groups is 1. The molecule has 1 heteroatoms. The van der Waals surface area contributed by atoms with E-state index in [0.717, 1.165) is 11.1 Å². The van der Waals surface area contributed by atoms with E-state index in [4.69, 9.17) is 0 Å². The number of Topliss-reactive ketones (excluding diaryl/α,β-unsaturated/α-hetero) is 1. The highest BCUT2D eigenvalue weighted by molar-refractivity contribution is 5.82. The molecule has 0 aliphatic rings. The quantitative estimate of drug-likeness (QED) is 0.684. The second-order valence-electron chi connectivity index (χ2n) is 4.35. The van der Waals surface area contributed by atoms with E-state index >= 15 is 0 Å². The summed E-state index contributed by atoms with van der Waals surface area (Å²) in [5.74, 6) is 0.243. The molecule has 1 nitrogen and oxygen atoms in total. The molecule has 0 amide bonds. The van der Waals surface area contributed by atoms with Crippen LogP contribution in [0, 0.1) is 13.8 Å². The number of allylic oxidation sites excluding steroid dienone is 1. The molecule has 80 valence electrons. The average molecular weight is 202 g/mol. The van der Waals surface area contributed by atoms with E-state index < -0.39 is 0 Å². The lowest BCUT2D eigenvalue weighted by molar-refractivity contribution is -0.117. The molecule has 15 heavy (non-hydrogen) atoms. The Labute approximate surface area is 91.8 Å². The first-order chi connectivity index (χ1) is 6.97. The van der Waals surface area contributed by atoms with Crippen molar-refractivity contribution < 1.29 is 4.79 Å². The monoisotopic (exact) mass is 202 g/mol. The first-order valence-corrected chi connectivity index (χ1v) is 5.20. The van der Waals surface area contributed by atoms with Crippen molar-refractivity contribution in [1.82, 2.24) is 0 Å². The van der Waals surface area contributed by atoms with Crippen LogP contribution < -0.4 is 0 Å². The summed E-state index contributed by atoms with van der Waals surface area (Å²) in [5, 5.41) is 0. The van der Waals surface area contributed by atoms with E-state index in [-0.39, 0.29) is 5.78 Å². The summed E-state index contributed by atoms with van der Waals surface area (Å²) in [6.07, 6.45) is 1.02. The Bertz CT molecular complexity index is 368. The number of benzene rings is 1. The van der Waals surface area contributed by atoms with Gasteiger partial charge in [-0.15, -0.1) is 0 Å². The van der Waals surface area contributed by atoms with Gasteiger partial charge in [0.15, 0.2) is 0 Å². The highest BCUT2D eigenvalue weighted by atomic mass is 16.1. The molecule has 0 saturated carbocycles. The maximum absolute atomic E-state index is 11.6. The molecule has 0 atom stereocenters.